The van der Waals surface area contributed by atoms with Crippen molar-refractivity contribution in [3.05, 3.63) is 34.7 Å². The first kappa shape index (κ1) is 8.96. The number of hydrogen-bond donors (Lipinski definition) is 1. The second-order valence-electron chi connectivity index (χ2n) is 2.84. The van der Waals surface area contributed by atoms with Crippen LogP contribution in [0.2, 0.25) is 0 Å². The molecule has 4 nitrogen and oxygen atoms in total. The molecule has 0 saturated carbocycles. The van der Waals surface area contributed by atoms with Gasteiger partial charge in [-0.1, -0.05) is 6.07 Å². The summed E-state index contributed by atoms with van der Waals surface area (Å²) in [7, 11) is 0. The summed E-state index contributed by atoms with van der Waals surface area (Å²) in [5.41, 5.74) is 5.41. The third-order valence-corrected chi connectivity index (χ3v) is 2.65. The van der Waals surface area contributed by atoms with Gasteiger partial charge in [-0.25, -0.2) is 4.68 Å². The van der Waals surface area contributed by atoms with Crippen LogP contribution in [0.3, 0.4) is 0 Å². The summed E-state index contributed by atoms with van der Waals surface area (Å²) >= 11 is 1.56. The highest BCUT2D eigenvalue weighted by Crippen LogP contribution is 2.10. The standard InChI is InChI=1S/C9H9N3OS/c10-8-3-4-12(11-8)9(13)6-7-2-1-5-14-7/h1-5H,6H2,(H2,10,11). The van der Waals surface area contributed by atoms with Crippen LogP contribution in [0, 0.1) is 0 Å². The van der Waals surface area contributed by atoms with Gasteiger partial charge >= 0.3 is 0 Å². The molecule has 0 aliphatic heterocycles. The van der Waals surface area contributed by atoms with Crippen molar-refractivity contribution in [2.75, 3.05) is 5.73 Å². The van der Waals surface area contributed by atoms with E-state index in [2.05, 4.69) is 5.10 Å². The predicted molar refractivity (Wildman–Crippen MR) is 55.3 cm³/mol. The summed E-state index contributed by atoms with van der Waals surface area (Å²) in [5.74, 6) is 0.300. The average molecular weight is 207 g/mol. The highest BCUT2D eigenvalue weighted by Gasteiger charge is 2.07. The maximum absolute atomic E-state index is 11.6. The van der Waals surface area contributed by atoms with Crippen molar-refractivity contribution in [1.82, 2.24) is 9.78 Å². The number of thiophene rings is 1. The Kier molecular flexibility index (Phi) is 2.32. The van der Waals surface area contributed by atoms with E-state index in [0.29, 0.717) is 12.2 Å². The van der Waals surface area contributed by atoms with Crippen molar-refractivity contribution in [3.63, 3.8) is 0 Å². The summed E-state index contributed by atoms with van der Waals surface area (Å²) in [4.78, 5) is 12.6. The lowest BCUT2D eigenvalue weighted by molar-refractivity contribution is 0.0899. The van der Waals surface area contributed by atoms with Gasteiger partial charge in [0.05, 0.1) is 6.42 Å². The summed E-state index contributed by atoms with van der Waals surface area (Å²) in [6.45, 7) is 0. The minimum absolute atomic E-state index is 0.0656. The lowest BCUT2D eigenvalue weighted by atomic mass is 10.3. The fraction of sp³-hybridized carbons (Fsp3) is 0.111. The quantitative estimate of drug-likeness (QED) is 0.809. The molecule has 2 aromatic heterocycles. The van der Waals surface area contributed by atoms with Crippen molar-refractivity contribution in [3.8, 4) is 0 Å². The monoisotopic (exact) mass is 207 g/mol. The number of carbonyl (C=O) groups excluding carboxylic acids is 1. The summed E-state index contributed by atoms with van der Waals surface area (Å²) in [6, 6.07) is 5.45. The zero-order valence-electron chi connectivity index (χ0n) is 7.38. The Labute approximate surface area is 85.0 Å². The Balaban J connectivity index is 2.10. The second kappa shape index (κ2) is 3.63. The van der Waals surface area contributed by atoms with Crippen molar-refractivity contribution in [2.45, 2.75) is 6.42 Å². The van der Waals surface area contributed by atoms with E-state index in [1.165, 1.54) is 4.68 Å². The molecular formula is C9H9N3OS. The molecule has 0 amide bonds. The first-order chi connectivity index (χ1) is 6.75. The van der Waals surface area contributed by atoms with Gasteiger partial charge in [-0.3, -0.25) is 4.79 Å². The van der Waals surface area contributed by atoms with Crippen LogP contribution >= 0.6 is 11.3 Å². The number of hydrogen-bond acceptors (Lipinski definition) is 4. The van der Waals surface area contributed by atoms with Crippen LogP contribution in [0.1, 0.15) is 9.67 Å². The molecular weight excluding hydrogens is 198 g/mol. The molecule has 0 aliphatic rings. The van der Waals surface area contributed by atoms with E-state index in [1.807, 2.05) is 17.5 Å². The molecule has 0 unspecified atom stereocenters. The summed E-state index contributed by atoms with van der Waals surface area (Å²) in [5, 5.41) is 5.79. The number of aromatic nitrogens is 2. The fourth-order valence-electron chi connectivity index (χ4n) is 1.12. The molecule has 5 heteroatoms. The zero-order valence-corrected chi connectivity index (χ0v) is 8.20. The normalized spacial score (nSPS) is 10.3. The van der Waals surface area contributed by atoms with Gasteiger partial charge in [0.2, 0.25) is 0 Å². The second-order valence-corrected chi connectivity index (χ2v) is 3.87. The molecule has 2 heterocycles. The highest BCUT2D eigenvalue weighted by molar-refractivity contribution is 7.10. The number of carbonyl (C=O) groups is 1. The predicted octanol–water partition coefficient (Wildman–Crippen LogP) is 1.41. The van der Waals surface area contributed by atoms with E-state index >= 15 is 0 Å². The van der Waals surface area contributed by atoms with Gasteiger partial charge in [0.1, 0.15) is 5.82 Å². The number of anilines is 1. The molecule has 0 aromatic carbocycles. The van der Waals surface area contributed by atoms with Crippen LogP contribution < -0.4 is 5.73 Å². The lowest BCUT2D eigenvalue weighted by Gasteiger charge is -1.97. The van der Waals surface area contributed by atoms with Gasteiger partial charge in [-0.2, -0.15) is 0 Å². The van der Waals surface area contributed by atoms with Crippen LogP contribution in [0.5, 0.6) is 0 Å². The van der Waals surface area contributed by atoms with Crippen LogP contribution in [0.4, 0.5) is 5.82 Å². The van der Waals surface area contributed by atoms with E-state index in [9.17, 15) is 4.79 Å². The van der Waals surface area contributed by atoms with Gasteiger partial charge < -0.3 is 5.73 Å². The SMILES string of the molecule is Nc1ccn(C(=O)Cc2cccs2)n1. The van der Waals surface area contributed by atoms with Crippen molar-refractivity contribution in [1.29, 1.82) is 0 Å². The topological polar surface area (TPSA) is 60.9 Å². The maximum Gasteiger partial charge on any atom is 0.252 e. The van der Waals surface area contributed by atoms with E-state index in [1.54, 1.807) is 23.6 Å². The molecule has 0 aliphatic carbocycles. The van der Waals surface area contributed by atoms with E-state index < -0.39 is 0 Å². The lowest BCUT2D eigenvalue weighted by Crippen LogP contribution is -2.13. The number of rotatable bonds is 2. The molecule has 0 atom stereocenters. The van der Waals surface area contributed by atoms with Crippen molar-refractivity contribution in [2.24, 2.45) is 0 Å². The molecule has 2 aromatic rings. The number of nitrogens with zero attached hydrogens (tertiary/aromatic N) is 2. The van der Waals surface area contributed by atoms with Crippen molar-refractivity contribution >= 4 is 23.1 Å². The Bertz CT molecular complexity index is 433. The third kappa shape index (κ3) is 1.82. The molecule has 0 bridgehead atoms. The van der Waals surface area contributed by atoms with E-state index in [4.69, 9.17) is 5.73 Å². The maximum atomic E-state index is 11.6. The van der Waals surface area contributed by atoms with Gasteiger partial charge in [-0.15, -0.1) is 16.4 Å². The van der Waals surface area contributed by atoms with E-state index in [-0.39, 0.29) is 5.91 Å². The number of nitrogens with two attached hydrogens (primary N) is 1. The molecule has 0 saturated heterocycles. The van der Waals surface area contributed by atoms with Crippen molar-refractivity contribution < 1.29 is 4.79 Å². The summed E-state index contributed by atoms with van der Waals surface area (Å²) in [6.07, 6.45) is 1.95. The molecule has 0 radical (unpaired) electrons. The smallest absolute Gasteiger partial charge is 0.252 e. The first-order valence-electron chi connectivity index (χ1n) is 4.12. The Morgan fingerprint density at radius 2 is 2.43 bits per heavy atom. The molecule has 2 N–H and O–H groups in total. The van der Waals surface area contributed by atoms with E-state index in [0.717, 1.165) is 4.88 Å². The fourth-order valence-corrected chi connectivity index (χ4v) is 1.82. The van der Waals surface area contributed by atoms with Gasteiger partial charge in [0.25, 0.3) is 5.91 Å². The number of nitrogen functional groups attached to an aromatic ring is 1. The molecule has 0 spiro atoms. The third-order valence-electron chi connectivity index (χ3n) is 1.77. The Morgan fingerprint density at radius 1 is 1.57 bits per heavy atom. The van der Waals surface area contributed by atoms with Gasteiger partial charge in [0, 0.05) is 17.1 Å². The minimum Gasteiger partial charge on any atom is -0.382 e. The van der Waals surface area contributed by atoms with Crippen LogP contribution in [-0.4, -0.2) is 15.7 Å². The van der Waals surface area contributed by atoms with Crippen LogP contribution in [0.15, 0.2) is 29.8 Å². The molecule has 2 rings (SSSR count). The average Bonchev–Trinajstić information content (AvgIpc) is 2.75. The Hall–Kier alpha value is -1.62. The molecule has 14 heavy (non-hydrogen) atoms. The van der Waals surface area contributed by atoms with Crippen LogP contribution in [0.25, 0.3) is 0 Å². The molecule has 72 valence electrons. The highest BCUT2D eigenvalue weighted by atomic mass is 32.1. The minimum atomic E-state index is -0.0656. The van der Waals surface area contributed by atoms with Gasteiger partial charge in [-0.05, 0) is 11.4 Å². The molecule has 0 fully saturated rings. The first-order valence-corrected chi connectivity index (χ1v) is 5.00. The van der Waals surface area contributed by atoms with Gasteiger partial charge in [0.15, 0.2) is 0 Å². The Morgan fingerprint density at radius 3 is 3.00 bits per heavy atom. The zero-order chi connectivity index (χ0) is 9.97. The summed E-state index contributed by atoms with van der Waals surface area (Å²) < 4.78 is 1.27. The largest absolute Gasteiger partial charge is 0.382 e. The van der Waals surface area contributed by atoms with Crippen LogP contribution in [-0.2, 0) is 6.42 Å².